The summed E-state index contributed by atoms with van der Waals surface area (Å²) in [7, 11) is 1.84. The Hall–Kier alpha value is -1.84. The molecule has 0 heterocycles. The number of hydrogen-bond donors (Lipinski definition) is 3. The maximum absolute atomic E-state index is 13.2. The van der Waals surface area contributed by atoms with Crippen molar-refractivity contribution in [1.82, 2.24) is 10.6 Å². The molecule has 4 aliphatic carbocycles. The van der Waals surface area contributed by atoms with Gasteiger partial charge in [0.05, 0.1) is 11.3 Å². The van der Waals surface area contributed by atoms with Crippen molar-refractivity contribution in [2.24, 2.45) is 17.8 Å². The standard InChI is InChI=1S/C22H31N3O/c1-24-20(16-7-3-2-4-8-16)19(14-23)21(26)25-22-9-5-6-15(12-22)10-17-11-18(17)13-22/h3,7-8,14-15,17-18,23-24H,2,4-6,9-13H2,1H3,(H,25,26)/b20-19+,23-14?. The van der Waals surface area contributed by atoms with Crippen LogP contribution in [-0.4, -0.2) is 24.7 Å². The van der Waals surface area contributed by atoms with Crippen molar-refractivity contribution >= 4 is 12.1 Å². The third-order valence-electron chi connectivity index (χ3n) is 6.88. The second kappa shape index (κ2) is 7.05. The van der Waals surface area contributed by atoms with E-state index in [-0.39, 0.29) is 11.4 Å². The van der Waals surface area contributed by atoms with Gasteiger partial charge in [-0.3, -0.25) is 4.79 Å². The number of hydrogen-bond acceptors (Lipinski definition) is 3. The number of allylic oxidation sites excluding steroid dienone is 3. The predicted octanol–water partition coefficient (Wildman–Crippen LogP) is 3.86. The molecular formula is C22H31N3O. The van der Waals surface area contributed by atoms with Crippen LogP contribution in [0.15, 0.2) is 35.1 Å². The fraction of sp³-hybridized carbons (Fsp3) is 0.636. The first-order valence-corrected chi connectivity index (χ1v) is 10.3. The van der Waals surface area contributed by atoms with E-state index < -0.39 is 0 Å². The number of amides is 1. The molecule has 4 atom stereocenters. The van der Waals surface area contributed by atoms with Crippen molar-refractivity contribution in [3.8, 4) is 0 Å². The predicted molar refractivity (Wildman–Crippen MR) is 105 cm³/mol. The number of nitrogens with one attached hydrogen (secondary N) is 3. The van der Waals surface area contributed by atoms with Crippen LogP contribution in [-0.2, 0) is 4.79 Å². The van der Waals surface area contributed by atoms with Gasteiger partial charge in [-0.05, 0) is 68.3 Å². The number of carbonyl (C=O) groups is 1. The van der Waals surface area contributed by atoms with Crippen molar-refractivity contribution in [3.63, 3.8) is 0 Å². The molecule has 3 saturated carbocycles. The lowest BCUT2D eigenvalue weighted by atomic mass is 9.73. The molecule has 3 fully saturated rings. The number of likely N-dealkylation sites (N-methyl/N-ethyl adjacent to an activating group) is 1. The third-order valence-corrected chi connectivity index (χ3v) is 6.88. The summed E-state index contributed by atoms with van der Waals surface area (Å²) in [6.45, 7) is 0. The Labute approximate surface area is 156 Å². The first-order chi connectivity index (χ1) is 12.6. The fourth-order valence-corrected chi connectivity index (χ4v) is 5.61. The van der Waals surface area contributed by atoms with Crippen LogP contribution in [0.1, 0.15) is 57.8 Å². The van der Waals surface area contributed by atoms with Gasteiger partial charge in [0.2, 0.25) is 0 Å². The molecule has 0 aromatic carbocycles. The van der Waals surface area contributed by atoms with E-state index in [0.717, 1.165) is 61.1 Å². The average molecular weight is 354 g/mol. The number of carbonyl (C=O) groups excluding carboxylic acids is 1. The summed E-state index contributed by atoms with van der Waals surface area (Å²) >= 11 is 0. The van der Waals surface area contributed by atoms with Gasteiger partial charge in [-0.1, -0.05) is 31.1 Å². The lowest BCUT2D eigenvalue weighted by molar-refractivity contribution is -0.119. The Bertz CT molecular complexity index is 686. The topological polar surface area (TPSA) is 65.0 Å². The van der Waals surface area contributed by atoms with Gasteiger partial charge in [0.25, 0.3) is 5.91 Å². The van der Waals surface area contributed by atoms with Crippen LogP contribution in [0, 0.1) is 23.2 Å². The molecule has 26 heavy (non-hydrogen) atoms. The molecule has 4 unspecified atom stereocenters. The van der Waals surface area contributed by atoms with Crippen molar-refractivity contribution in [3.05, 3.63) is 35.1 Å². The summed E-state index contributed by atoms with van der Waals surface area (Å²) in [5, 5.41) is 14.5. The van der Waals surface area contributed by atoms with Crippen LogP contribution < -0.4 is 10.6 Å². The van der Waals surface area contributed by atoms with E-state index in [2.05, 4.69) is 28.9 Å². The number of rotatable bonds is 5. The van der Waals surface area contributed by atoms with Crippen LogP contribution in [0.4, 0.5) is 0 Å². The largest absolute Gasteiger partial charge is 0.387 e. The lowest BCUT2D eigenvalue weighted by Gasteiger charge is -2.41. The molecule has 0 radical (unpaired) electrons. The van der Waals surface area contributed by atoms with Gasteiger partial charge in [-0.2, -0.15) is 0 Å². The van der Waals surface area contributed by atoms with Gasteiger partial charge in [-0.25, -0.2) is 0 Å². The lowest BCUT2D eigenvalue weighted by Crippen LogP contribution is -2.52. The monoisotopic (exact) mass is 353 g/mol. The van der Waals surface area contributed by atoms with Crippen LogP contribution in [0.3, 0.4) is 0 Å². The Morgan fingerprint density at radius 2 is 2.15 bits per heavy atom. The van der Waals surface area contributed by atoms with Crippen molar-refractivity contribution in [1.29, 1.82) is 5.41 Å². The highest BCUT2D eigenvalue weighted by Crippen LogP contribution is 2.56. The maximum atomic E-state index is 13.2. The van der Waals surface area contributed by atoms with Gasteiger partial charge < -0.3 is 16.0 Å². The van der Waals surface area contributed by atoms with Crippen molar-refractivity contribution in [2.45, 2.75) is 63.3 Å². The quantitative estimate of drug-likeness (QED) is 0.519. The van der Waals surface area contributed by atoms with Gasteiger partial charge >= 0.3 is 0 Å². The molecule has 1 amide bonds. The number of fused-ring (bicyclic) bond motifs is 3. The maximum Gasteiger partial charge on any atom is 0.255 e. The second-order valence-corrected chi connectivity index (χ2v) is 8.71. The molecular weight excluding hydrogens is 322 g/mol. The van der Waals surface area contributed by atoms with Crippen LogP contribution in [0.25, 0.3) is 0 Å². The first kappa shape index (κ1) is 17.6. The molecule has 3 N–H and O–H groups in total. The third kappa shape index (κ3) is 3.38. The SMILES string of the molecule is CN/C(C1=CCCC=C1)=C(\C=N)C(=O)NC12CCCC(CC3CC3C1)C2. The minimum atomic E-state index is -0.0797. The molecule has 0 saturated heterocycles. The van der Waals surface area contributed by atoms with E-state index in [0.29, 0.717) is 5.57 Å². The molecule has 0 aliphatic heterocycles. The Kier molecular flexibility index (Phi) is 4.76. The van der Waals surface area contributed by atoms with Gasteiger partial charge in [0, 0.05) is 18.8 Å². The Morgan fingerprint density at radius 1 is 1.27 bits per heavy atom. The summed E-state index contributed by atoms with van der Waals surface area (Å²) < 4.78 is 0. The second-order valence-electron chi connectivity index (χ2n) is 8.71. The highest BCUT2D eigenvalue weighted by molar-refractivity contribution is 6.12. The Morgan fingerprint density at radius 3 is 2.88 bits per heavy atom. The molecule has 4 rings (SSSR count). The van der Waals surface area contributed by atoms with E-state index in [9.17, 15) is 4.79 Å². The summed E-state index contributed by atoms with van der Waals surface area (Å²) in [6, 6.07) is 0. The molecule has 0 spiro atoms. The van der Waals surface area contributed by atoms with E-state index in [1.54, 1.807) is 0 Å². The normalized spacial score (nSPS) is 36.0. The zero-order valence-corrected chi connectivity index (χ0v) is 15.8. The summed E-state index contributed by atoms with van der Waals surface area (Å²) in [4.78, 5) is 13.2. The minimum Gasteiger partial charge on any atom is -0.387 e. The van der Waals surface area contributed by atoms with E-state index in [4.69, 9.17) is 5.41 Å². The van der Waals surface area contributed by atoms with Gasteiger partial charge in [-0.15, -0.1) is 0 Å². The van der Waals surface area contributed by atoms with E-state index in [1.165, 1.54) is 31.9 Å². The van der Waals surface area contributed by atoms with E-state index in [1.807, 2.05) is 7.05 Å². The van der Waals surface area contributed by atoms with Gasteiger partial charge in [0.1, 0.15) is 0 Å². The van der Waals surface area contributed by atoms with Crippen LogP contribution >= 0.6 is 0 Å². The molecule has 4 heteroatoms. The highest BCUT2D eigenvalue weighted by Gasteiger charge is 2.50. The summed E-state index contributed by atoms with van der Waals surface area (Å²) in [5.74, 6) is 2.43. The van der Waals surface area contributed by atoms with Crippen LogP contribution in [0.5, 0.6) is 0 Å². The van der Waals surface area contributed by atoms with Crippen LogP contribution in [0.2, 0.25) is 0 Å². The minimum absolute atomic E-state index is 0.0419. The molecule has 0 aromatic heterocycles. The molecule has 2 bridgehead atoms. The van der Waals surface area contributed by atoms with Crippen molar-refractivity contribution < 1.29 is 4.79 Å². The fourth-order valence-electron chi connectivity index (χ4n) is 5.61. The van der Waals surface area contributed by atoms with Crippen molar-refractivity contribution in [2.75, 3.05) is 7.05 Å². The smallest absolute Gasteiger partial charge is 0.255 e. The average Bonchev–Trinajstić information content (AvgIpc) is 3.37. The molecule has 4 aliphatic rings. The Balaban J connectivity index is 1.58. The zero-order chi connectivity index (χ0) is 18.1. The molecule has 0 aromatic rings. The van der Waals surface area contributed by atoms with Gasteiger partial charge in [0.15, 0.2) is 0 Å². The summed E-state index contributed by atoms with van der Waals surface area (Å²) in [5.41, 5.74) is 2.21. The first-order valence-electron chi connectivity index (χ1n) is 10.3. The summed E-state index contributed by atoms with van der Waals surface area (Å²) in [6.07, 6.45) is 18.2. The molecule has 4 nitrogen and oxygen atoms in total. The zero-order valence-electron chi connectivity index (χ0n) is 15.8. The van der Waals surface area contributed by atoms with E-state index >= 15 is 0 Å². The highest BCUT2D eigenvalue weighted by atomic mass is 16.1. The molecule has 140 valence electrons.